The van der Waals surface area contributed by atoms with Crippen molar-refractivity contribution in [3.8, 4) is 0 Å². The quantitative estimate of drug-likeness (QED) is 0.577. The van der Waals surface area contributed by atoms with Crippen molar-refractivity contribution in [3.05, 3.63) is 0 Å². The minimum absolute atomic E-state index is 0. The summed E-state index contributed by atoms with van der Waals surface area (Å²) in [7, 11) is 0. The molecule has 0 radical (unpaired) electrons. The van der Waals surface area contributed by atoms with Crippen molar-refractivity contribution in [1.29, 1.82) is 0 Å². The maximum absolute atomic E-state index is 2.37. The molecule has 0 rings (SSSR count). The maximum Gasteiger partial charge on any atom is -0.0380 e. The molecular weight excluding hydrogens is 144 g/mol. The molecule has 0 saturated carbocycles. The van der Waals surface area contributed by atoms with E-state index < -0.39 is 0 Å². The van der Waals surface area contributed by atoms with E-state index in [-0.39, 0.29) is 7.43 Å². The SMILES string of the molecule is C.CC(C)CC(C)CC(C)(C)C. The second-order valence-electron chi connectivity index (χ2n) is 5.50. The molecule has 0 spiro atoms. The predicted molar refractivity (Wildman–Crippen MR) is 59.4 cm³/mol. The van der Waals surface area contributed by atoms with Crippen LogP contribution < -0.4 is 0 Å². The minimum atomic E-state index is 0. The second-order valence-corrected chi connectivity index (χ2v) is 5.50. The van der Waals surface area contributed by atoms with Crippen molar-refractivity contribution in [2.75, 3.05) is 0 Å². The van der Waals surface area contributed by atoms with Crippen molar-refractivity contribution in [2.24, 2.45) is 17.3 Å². The van der Waals surface area contributed by atoms with Crippen LogP contribution in [0.5, 0.6) is 0 Å². The van der Waals surface area contributed by atoms with E-state index >= 15 is 0 Å². The molecule has 0 aliphatic heterocycles. The average molecular weight is 172 g/mol. The Morgan fingerprint density at radius 2 is 1.42 bits per heavy atom. The van der Waals surface area contributed by atoms with E-state index in [0.717, 1.165) is 11.8 Å². The lowest BCUT2D eigenvalue weighted by molar-refractivity contribution is 0.278. The van der Waals surface area contributed by atoms with E-state index in [1.807, 2.05) is 0 Å². The molecule has 1 unspecified atom stereocenters. The van der Waals surface area contributed by atoms with Crippen LogP contribution >= 0.6 is 0 Å². The maximum atomic E-state index is 2.37. The zero-order chi connectivity index (χ0) is 9.07. The van der Waals surface area contributed by atoms with Crippen molar-refractivity contribution < 1.29 is 0 Å². The number of hydrogen-bond donors (Lipinski definition) is 0. The van der Waals surface area contributed by atoms with E-state index in [0.29, 0.717) is 5.41 Å². The fraction of sp³-hybridized carbons (Fsp3) is 1.00. The normalized spacial score (nSPS) is 14.2. The van der Waals surface area contributed by atoms with Gasteiger partial charge in [0, 0.05) is 0 Å². The summed E-state index contributed by atoms with van der Waals surface area (Å²) in [6, 6.07) is 0. The molecule has 0 aromatic heterocycles. The summed E-state index contributed by atoms with van der Waals surface area (Å²) in [5, 5.41) is 0. The molecule has 0 aliphatic carbocycles. The molecule has 76 valence electrons. The van der Waals surface area contributed by atoms with Gasteiger partial charge < -0.3 is 0 Å². The highest BCUT2D eigenvalue weighted by Crippen LogP contribution is 2.27. The minimum Gasteiger partial charge on any atom is -0.0776 e. The lowest BCUT2D eigenvalue weighted by Crippen LogP contribution is -2.12. The Labute approximate surface area is 79.8 Å². The molecule has 0 aliphatic rings. The Balaban J connectivity index is 0. The Bertz CT molecular complexity index is 95.1. The second kappa shape index (κ2) is 5.61. The first-order chi connectivity index (χ1) is 4.81. The Kier molecular flexibility index (Phi) is 6.79. The summed E-state index contributed by atoms with van der Waals surface area (Å²) in [5.74, 6) is 1.74. The number of hydrogen-bond acceptors (Lipinski definition) is 0. The summed E-state index contributed by atoms with van der Waals surface area (Å²) in [6.07, 6.45) is 2.72. The summed E-state index contributed by atoms with van der Waals surface area (Å²) < 4.78 is 0. The molecule has 0 fully saturated rings. The van der Waals surface area contributed by atoms with Crippen LogP contribution in [0.4, 0.5) is 0 Å². The van der Waals surface area contributed by atoms with E-state index in [1.165, 1.54) is 12.8 Å². The van der Waals surface area contributed by atoms with Crippen LogP contribution in [-0.2, 0) is 0 Å². The van der Waals surface area contributed by atoms with Gasteiger partial charge in [0.15, 0.2) is 0 Å². The van der Waals surface area contributed by atoms with E-state index in [9.17, 15) is 0 Å². The third-order valence-electron chi connectivity index (χ3n) is 1.83. The van der Waals surface area contributed by atoms with Crippen LogP contribution in [0.3, 0.4) is 0 Å². The van der Waals surface area contributed by atoms with Crippen LogP contribution in [-0.4, -0.2) is 0 Å². The van der Waals surface area contributed by atoms with Crippen molar-refractivity contribution in [2.45, 2.75) is 61.8 Å². The standard InChI is InChI=1S/C11H24.CH4/c1-9(2)7-10(3)8-11(4,5)6;/h9-10H,7-8H2,1-6H3;1H4. The highest BCUT2D eigenvalue weighted by molar-refractivity contribution is 4.67. The van der Waals surface area contributed by atoms with Gasteiger partial charge in [0.05, 0.1) is 0 Å². The van der Waals surface area contributed by atoms with Gasteiger partial charge in [-0.05, 0) is 30.1 Å². The molecule has 1 atom stereocenters. The monoisotopic (exact) mass is 172 g/mol. The molecule has 0 amide bonds. The van der Waals surface area contributed by atoms with Gasteiger partial charge in [0.2, 0.25) is 0 Å². The summed E-state index contributed by atoms with van der Waals surface area (Å²) >= 11 is 0. The van der Waals surface area contributed by atoms with Gasteiger partial charge in [0.1, 0.15) is 0 Å². The molecule has 0 heterocycles. The summed E-state index contributed by atoms with van der Waals surface area (Å²) in [6.45, 7) is 13.9. The van der Waals surface area contributed by atoms with Gasteiger partial charge >= 0.3 is 0 Å². The zero-order valence-electron chi connectivity index (χ0n) is 9.07. The van der Waals surface area contributed by atoms with Crippen LogP contribution in [0, 0.1) is 17.3 Å². The molecule has 0 N–H and O–H groups in total. The lowest BCUT2D eigenvalue weighted by atomic mass is 9.82. The van der Waals surface area contributed by atoms with Gasteiger partial charge in [-0.25, -0.2) is 0 Å². The van der Waals surface area contributed by atoms with Crippen molar-refractivity contribution in [3.63, 3.8) is 0 Å². The highest BCUT2D eigenvalue weighted by Gasteiger charge is 2.15. The smallest absolute Gasteiger partial charge is 0.0380 e. The third kappa shape index (κ3) is 10.0. The van der Waals surface area contributed by atoms with Gasteiger partial charge in [-0.1, -0.05) is 49.0 Å². The van der Waals surface area contributed by atoms with Gasteiger partial charge in [-0.2, -0.15) is 0 Å². The fourth-order valence-electron chi connectivity index (χ4n) is 1.93. The molecule has 0 aromatic carbocycles. The summed E-state index contributed by atoms with van der Waals surface area (Å²) in [4.78, 5) is 0. The van der Waals surface area contributed by atoms with Crippen molar-refractivity contribution in [1.82, 2.24) is 0 Å². The topological polar surface area (TPSA) is 0 Å². The first-order valence-electron chi connectivity index (χ1n) is 4.81. The van der Waals surface area contributed by atoms with E-state index in [1.54, 1.807) is 0 Å². The molecule has 12 heavy (non-hydrogen) atoms. The zero-order valence-corrected chi connectivity index (χ0v) is 9.07. The van der Waals surface area contributed by atoms with E-state index in [2.05, 4.69) is 41.5 Å². The molecule has 0 bridgehead atoms. The van der Waals surface area contributed by atoms with Crippen LogP contribution in [0.2, 0.25) is 0 Å². The van der Waals surface area contributed by atoms with Crippen LogP contribution in [0.25, 0.3) is 0 Å². The first-order valence-corrected chi connectivity index (χ1v) is 4.81. The lowest BCUT2D eigenvalue weighted by Gasteiger charge is -2.24. The van der Waals surface area contributed by atoms with Crippen LogP contribution in [0.15, 0.2) is 0 Å². The number of rotatable bonds is 3. The molecular formula is C12H28. The van der Waals surface area contributed by atoms with Gasteiger partial charge in [-0.15, -0.1) is 0 Å². The molecule has 0 aromatic rings. The molecule has 0 heteroatoms. The fourth-order valence-corrected chi connectivity index (χ4v) is 1.93. The third-order valence-corrected chi connectivity index (χ3v) is 1.83. The van der Waals surface area contributed by atoms with Crippen LogP contribution in [0.1, 0.15) is 61.8 Å². The Morgan fingerprint density at radius 3 is 1.67 bits per heavy atom. The highest BCUT2D eigenvalue weighted by atomic mass is 14.2. The Morgan fingerprint density at radius 1 is 1.00 bits per heavy atom. The first kappa shape index (κ1) is 14.5. The van der Waals surface area contributed by atoms with Gasteiger partial charge in [-0.3, -0.25) is 0 Å². The predicted octanol–water partition coefficient (Wildman–Crippen LogP) is 4.74. The molecule has 0 nitrogen and oxygen atoms in total. The summed E-state index contributed by atoms with van der Waals surface area (Å²) in [5.41, 5.74) is 0.508. The van der Waals surface area contributed by atoms with Gasteiger partial charge in [0.25, 0.3) is 0 Å². The Hall–Kier alpha value is 0. The van der Waals surface area contributed by atoms with Crippen molar-refractivity contribution >= 4 is 0 Å². The molecule has 0 saturated heterocycles. The average Bonchev–Trinajstić information content (AvgIpc) is 1.53. The van der Waals surface area contributed by atoms with E-state index in [4.69, 9.17) is 0 Å². The largest absolute Gasteiger partial charge is 0.0776 e.